The Hall–Kier alpha value is -1.14. The lowest BCUT2D eigenvalue weighted by Crippen LogP contribution is -2.34. The highest BCUT2D eigenvalue weighted by atomic mass is 35.5. The highest BCUT2D eigenvalue weighted by Crippen LogP contribution is 2.36. The van der Waals surface area contributed by atoms with Crippen molar-refractivity contribution in [3.8, 4) is 0 Å². The molecule has 1 unspecified atom stereocenters. The Balaban J connectivity index is 2.32. The van der Waals surface area contributed by atoms with Gasteiger partial charge in [0.2, 0.25) is 0 Å². The molecule has 0 aliphatic carbocycles. The van der Waals surface area contributed by atoms with Crippen molar-refractivity contribution in [3.05, 3.63) is 34.6 Å². The van der Waals surface area contributed by atoms with Crippen molar-refractivity contribution in [2.24, 2.45) is 5.41 Å². The number of rotatable bonds is 3. The molecule has 0 spiro atoms. The maximum absolute atomic E-state index is 13.0. The van der Waals surface area contributed by atoms with Gasteiger partial charge in [-0.1, -0.05) is 17.7 Å². The Labute approximate surface area is 115 Å². The Morgan fingerprint density at radius 1 is 1.47 bits per heavy atom. The Morgan fingerprint density at radius 3 is 2.63 bits per heavy atom. The predicted molar refractivity (Wildman–Crippen MR) is 68.5 cm³/mol. The van der Waals surface area contributed by atoms with Crippen LogP contribution in [0.2, 0.25) is 5.02 Å². The summed E-state index contributed by atoms with van der Waals surface area (Å²) < 4.78 is 36.1. The number of hydrogen-bond donors (Lipinski definition) is 1. The summed E-state index contributed by atoms with van der Waals surface area (Å²) in [5.74, 6) is -2.25. The topological polar surface area (TPSA) is 71.4 Å². The SMILES string of the molecule is O=C(O)C1(Cc2ccc(F)c(Cl)c2)CCS(=O)(=O)C1. The van der Waals surface area contributed by atoms with Crippen LogP contribution >= 0.6 is 11.6 Å². The molecule has 1 saturated heterocycles. The molecule has 4 nitrogen and oxygen atoms in total. The molecular formula is C12H12ClFO4S. The van der Waals surface area contributed by atoms with Crippen LogP contribution < -0.4 is 0 Å². The molecule has 2 rings (SSSR count). The van der Waals surface area contributed by atoms with E-state index in [1.807, 2.05) is 0 Å². The van der Waals surface area contributed by atoms with Crippen LogP contribution in [0.4, 0.5) is 4.39 Å². The van der Waals surface area contributed by atoms with Gasteiger partial charge < -0.3 is 5.11 Å². The van der Waals surface area contributed by atoms with Crippen molar-refractivity contribution in [1.29, 1.82) is 0 Å². The number of carboxylic acid groups (broad SMARTS) is 1. The van der Waals surface area contributed by atoms with Crippen molar-refractivity contribution in [2.45, 2.75) is 12.8 Å². The Morgan fingerprint density at radius 2 is 2.16 bits per heavy atom. The van der Waals surface area contributed by atoms with E-state index in [2.05, 4.69) is 0 Å². The highest BCUT2D eigenvalue weighted by Gasteiger charge is 2.48. The fourth-order valence-electron chi connectivity index (χ4n) is 2.34. The molecule has 1 N–H and O–H groups in total. The molecule has 0 saturated carbocycles. The molecule has 104 valence electrons. The molecule has 0 radical (unpaired) electrons. The largest absolute Gasteiger partial charge is 0.481 e. The van der Waals surface area contributed by atoms with Crippen molar-refractivity contribution in [1.82, 2.24) is 0 Å². The van der Waals surface area contributed by atoms with Gasteiger partial charge >= 0.3 is 5.97 Å². The van der Waals surface area contributed by atoms with Gasteiger partial charge in [0.05, 0.1) is 21.9 Å². The average molecular weight is 307 g/mol. The minimum atomic E-state index is -3.33. The lowest BCUT2D eigenvalue weighted by Gasteiger charge is -2.22. The Bertz CT molecular complexity index is 629. The fraction of sp³-hybridized carbons (Fsp3) is 0.417. The zero-order valence-electron chi connectivity index (χ0n) is 9.90. The number of halogens is 2. The van der Waals surface area contributed by atoms with Gasteiger partial charge in [0.1, 0.15) is 5.82 Å². The van der Waals surface area contributed by atoms with Crippen LogP contribution in [-0.4, -0.2) is 31.0 Å². The van der Waals surface area contributed by atoms with E-state index in [4.69, 9.17) is 11.6 Å². The van der Waals surface area contributed by atoms with E-state index in [0.29, 0.717) is 5.56 Å². The monoisotopic (exact) mass is 306 g/mol. The van der Waals surface area contributed by atoms with Crippen molar-refractivity contribution in [2.75, 3.05) is 11.5 Å². The lowest BCUT2D eigenvalue weighted by molar-refractivity contribution is -0.147. The maximum atomic E-state index is 13.0. The first-order valence-corrected chi connectivity index (χ1v) is 7.82. The normalized spacial score (nSPS) is 25.4. The zero-order valence-corrected chi connectivity index (χ0v) is 11.5. The summed E-state index contributed by atoms with van der Waals surface area (Å²) in [5.41, 5.74) is -0.814. The summed E-state index contributed by atoms with van der Waals surface area (Å²) in [5, 5.41) is 9.21. The zero-order chi connectivity index (χ0) is 14.3. The van der Waals surface area contributed by atoms with Crippen LogP contribution in [0.5, 0.6) is 0 Å². The second-order valence-electron chi connectivity index (χ2n) is 4.85. The second kappa shape index (κ2) is 4.76. The van der Waals surface area contributed by atoms with Gasteiger partial charge in [-0.15, -0.1) is 0 Å². The van der Waals surface area contributed by atoms with Crippen LogP contribution in [-0.2, 0) is 21.1 Å². The molecule has 1 atom stereocenters. The minimum Gasteiger partial charge on any atom is -0.481 e. The van der Waals surface area contributed by atoms with Gasteiger partial charge in [0, 0.05) is 0 Å². The quantitative estimate of drug-likeness (QED) is 0.926. The average Bonchev–Trinajstić information content (AvgIpc) is 2.61. The maximum Gasteiger partial charge on any atom is 0.311 e. The summed E-state index contributed by atoms with van der Waals surface area (Å²) in [6, 6.07) is 3.92. The summed E-state index contributed by atoms with van der Waals surface area (Å²) in [7, 11) is -3.33. The number of benzene rings is 1. The molecule has 0 aromatic heterocycles. The molecule has 1 heterocycles. The summed E-state index contributed by atoms with van der Waals surface area (Å²) in [6.45, 7) is 0. The van der Waals surface area contributed by atoms with Gasteiger partial charge in [-0.05, 0) is 30.5 Å². The van der Waals surface area contributed by atoms with Crippen molar-refractivity contribution < 1.29 is 22.7 Å². The van der Waals surface area contributed by atoms with E-state index >= 15 is 0 Å². The molecule has 1 aliphatic heterocycles. The molecular weight excluding hydrogens is 295 g/mol. The third-order valence-corrected chi connectivity index (χ3v) is 5.48. The predicted octanol–water partition coefficient (Wildman–Crippen LogP) is 1.91. The first-order chi connectivity index (χ1) is 8.74. The van der Waals surface area contributed by atoms with Crippen LogP contribution in [0.1, 0.15) is 12.0 Å². The molecule has 1 fully saturated rings. The van der Waals surface area contributed by atoms with Gasteiger partial charge in [-0.2, -0.15) is 0 Å². The number of sulfone groups is 1. The standard InChI is InChI=1S/C12H12ClFO4S/c13-9-5-8(1-2-10(9)14)6-12(11(15)16)3-4-19(17,18)7-12/h1-2,5H,3-4,6-7H2,(H,15,16). The van der Waals surface area contributed by atoms with Crippen LogP contribution in [0.15, 0.2) is 18.2 Å². The highest BCUT2D eigenvalue weighted by molar-refractivity contribution is 7.91. The van der Waals surface area contributed by atoms with E-state index in [0.717, 1.165) is 6.07 Å². The minimum absolute atomic E-state index is 0.0293. The second-order valence-corrected chi connectivity index (χ2v) is 7.44. The first kappa shape index (κ1) is 14.3. The molecule has 0 bridgehead atoms. The molecule has 19 heavy (non-hydrogen) atoms. The van der Waals surface area contributed by atoms with E-state index in [1.54, 1.807) is 0 Å². The van der Waals surface area contributed by atoms with Crippen LogP contribution in [0.3, 0.4) is 0 Å². The number of aliphatic carboxylic acids is 1. The summed E-state index contributed by atoms with van der Waals surface area (Å²) >= 11 is 5.64. The number of carbonyl (C=O) groups is 1. The lowest BCUT2D eigenvalue weighted by atomic mass is 9.81. The van der Waals surface area contributed by atoms with E-state index in [9.17, 15) is 22.7 Å². The summed E-state index contributed by atoms with van der Waals surface area (Å²) in [6.07, 6.45) is 0.0984. The Kier molecular flexibility index (Phi) is 3.57. The van der Waals surface area contributed by atoms with Gasteiger partial charge in [-0.3, -0.25) is 4.79 Å². The van der Waals surface area contributed by atoms with Gasteiger partial charge in [0.25, 0.3) is 0 Å². The van der Waals surface area contributed by atoms with Crippen LogP contribution in [0, 0.1) is 11.2 Å². The van der Waals surface area contributed by atoms with E-state index < -0.39 is 27.0 Å². The van der Waals surface area contributed by atoms with Crippen LogP contribution in [0.25, 0.3) is 0 Å². The van der Waals surface area contributed by atoms with E-state index in [1.165, 1.54) is 12.1 Å². The smallest absolute Gasteiger partial charge is 0.311 e. The number of hydrogen-bond acceptors (Lipinski definition) is 3. The first-order valence-electron chi connectivity index (χ1n) is 5.62. The third-order valence-electron chi connectivity index (χ3n) is 3.37. The molecule has 1 aromatic carbocycles. The summed E-state index contributed by atoms with van der Waals surface area (Å²) in [4.78, 5) is 11.4. The molecule has 0 amide bonds. The van der Waals surface area contributed by atoms with Gasteiger partial charge in [-0.25, -0.2) is 12.8 Å². The third kappa shape index (κ3) is 2.90. The number of carboxylic acids is 1. The molecule has 1 aliphatic rings. The molecule has 7 heteroatoms. The van der Waals surface area contributed by atoms with Gasteiger partial charge in [0.15, 0.2) is 9.84 Å². The van der Waals surface area contributed by atoms with Crippen molar-refractivity contribution in [3.63, 3.8) is 0 Å². The van der Waals surface area contributed by atoms with E-state index in [-0.39, 0.29) is 29.4 Å². The van der Waals surface area contributed by atoms with Crippen molar-refractivity contribution >= 4 is 27.4 Å². The molecule has 1 aromatic rings. The fourth-order valence-corrected chi connectivity index (χ4v) is 4.60.